The third-order valence-electron chi connectivity index (χ3n) is 4.08. The zero-order chi connectivity index (χ0) is 19.6. The van der Waals surface area contributed by atoms with E-state index in [9.17, 15) is 9.59 Å². The first kappa shape index (κ1) is 20.5. The summed E-state index contributed by atoms with van der Waals surface area (Å²) in [6, 6.07) is 17.9. The van der Waals surface area contributed by atoms with Gasteiger partial charge in [0, 0.05) is 5.69 Å². The maximum Gasteiger partial charge on any atom is 0.328 e. The first-order chi connectivity index (χ1) is 13.0. The van der Waals surface area contributed by atoms with Crippen LogP contribution in [0.5, 0.6) is 0 Å². The van der Waals surface area contributed by atoms with Crippen LogP contribution in [0.2, 0.25) is 0 Å². The standard InChI is InChI=1S/C22H28N2O3/c1-16(2)14-20(22(26)27-15-18-10-6-4-7-11-18)24-21(25)17(3)23-19-12-8-5-9-13-19/h4-13,16-17,20,23H,14-15H2,1-3H3,(H,24,25)/t17?,20-/m0/s1. The van der Waals surface area contributed by atoms with Gasteiger partial charge in [0.15, 0.2) is 0 Å². The normalized spacial score (nSPS) is 12.9. The van der Waals surface area contributed by atoms with Crippen LogP contribution >= 0.6 is 0 Å². The van der Waals surface area contributed by atoms with E-state index in [1.54, 1.807) is 6.92 Å². The number of esters is 1. The minimum Gasteiger partial charge on any atom is -0.459 e. The van der Waals surface area contributed by atoms with Crippen LogP contribution in [0.25, 0.3) is 0 Å². The fourth-order valence-corrected chi connectivity index (χ4v) is 2.66. The number of rotatable bonds is 9. The summed E-state index contributed by atoms with van der Waals surface area (Å²) in [6.45, 7) is 5.98. The molecule has 0 aliphatic heterocycles. The number of hydrogen-bond acceptors (Lipinski definition) is 4. The highest BCUT2D eigenvalue weighted by Gasteiger charge is 2.25. The quantitative estimate of drug-likeness (QED) is 0.661. The Balaban J connectivity index is 1.93. The maximum atomic E-state index is 12.5. The fraction of sp³-hybridized carbons (Fsp3) is 0.364. The maximum absolute atomic E-state index is 12.5. The van der Waals surface area contributed by atoms with Gasteiger partial charge >= 0.3 is 5.97 Å². The summed E-state index contributed by atoms with van der Waals surface area (Å²) in [5.41, 5.74) is 1.77. The molecule has 0 aliphatic carbocycles. The predicted molar refractivity (Wildman–Crippen MR) is 107 cm³/mol. The number of hydrogen-bond donors (Lipinski definition) is 2. The van der Waals surface area contributed by atoms with Crippen molar-refractivity contribution in [3.05, 3.63) is 66.2 Å². The van der Waals surface area contributed by atoms with Crippen LogP contribution in [-0.2, 0) is 20.9 Å². The number of nitrogens with one attached hydrogen (secondary N) is 2. The summed E-state index contributed by atoms with van der Waals surface area (Å²) >= 11 is 0. The Kier molecular flexibility index (Phi) is 7.86. The van der Waals surface area contributed by atoms with Crippen molar-refractivity contribution in [2.75, 3.05) is 5.32 Å². The number of benzene rings is 2. The van der Waals surface area contributed by atoms with Crippen LogP contribution < -0.4 is 10.6 Å². The van der Waals surface area contributed by atoms with E-state index in [1.165, 1.54) is 0 Å². The highest BCUT2D eigenvalue weighted by molar-refractivity contribution is 5.89. The Labute approximate surface area is 161 Å². The molecule has 0 spiro atoms. The molecule has 2 N–H and O–H groups in total. The van der Waals surface area contributed by atoms with Crippen molar-refractivity contribution in [1.29, 1.82) is 0 Å². The number of amides is 1. The second kappa shape index (κ2) is 10.4. The first-order valence-corrected chi connectivity index (χ1v) is 9.28. The SMILES string of the molecule is CC(C)C[C@H](NC(=O)C(C)Nc1ccccc1)C(=O)OCc1ccccc1. The number of para-hydroxylation sites is 1. The van der Waals surface area contributed by atoms with Crippen molar-refractivity contribution < 1.29 is 14.3 Å². The van der Waals surface area contributed by atoms with E-state index >= 15 is 0 Å². The lowest BCUT2D eigenvalue weighted by atomic mass is 10.0. The van der Waals surface area contributed by atoms with E-state index in [2.05, 4.69) is 10.6 Å². The molecule has 2 aromatic carbocycles. The van der Waals surface area contributed by atoms with Crippen molar-refractivity contribution in [1.82, 2.24) is 5.32 Å². The van der Waals surface area contributed by atoms with Gasteiger partial charge in [-0.25, -0.2) is 4.79 Å². The summed E-state index contributed by atoms with van der Waals surface area (Å²) in [5, 5.41) is 5.96. The lowest BCUT2D eigenvalue weighted by molar-refractivity contribution is -0.149. The fourth-order valence-electron chi connectivity index (χ4n) is 2.66. The van der Waals surface area contributed by atoms with Crippen LogP contribution in [0.1, 0.15) is 32.8 Å². The van der Waals surface area contributed by atoms with E-state index < -0.39 is 18.1 Å². The molecule has 0 saturated heterocycles. The van der Waals surface area contributed by atoms with E-state index in [-0.39, 0.29) is 18.4 Å². The van der Waals surface area contributed by atoms with E-state index in [0.29, 0.717) is 6.42 Å². The van der Waals surface area contributed by atoms with Gasteiger partial charge < -0.3 is 15.4 Å². The zero-order valence-electron chi connectivity index (χ0n) is 16.1. The monoisotopic (exact) mass is 368 g/mol. The van der Waals surface area contributed by atoms with Crippen LogP contribution in [0, 0.1) is 5.92 Å². The minimum absolute atomic E-state index is 0.196. The van der Waals surface area contributed by atoms with Gasteiger partial charge in [-0.05, 0) is 37.0 Å². The summed E-state index contributed by atoms with van der Waals surface area (Å²) in [4.78, 5) is 25.0. The Hall–Kier alpha value is -2.82. The molecule has 1 amide bonds. The molecule has 2 aromatic rings. The van der Waals surface area contributed by atoms with Gasteiger partial charge in [0.1, 0.15) is 18.7 Å². The van der Waals surface area contributed by atoms with E-state index in [4.69, 9.17) is 4.74 Å². The van der Waals surface area contributed by atoms with Gasteiger partial charge in [-0.2, -0.15) is 0 Å². The molecule has 5 heteroatoms. The highest BCUT2D eigenvalue weighted by atomic mass is 16.5. The molecule has 0 fully saturated rings. The van der Waals surface area contributed by atoms with E-state index in [0.717, 1.165) is 11.3 Å². The average Bonchev–Trinajstić information content (AvgIpc) is 2.66. The van der Waals surface area contributed by atoms with Gasteiger partial charge in [-0.1, -0.05) is 62.4 Å². The largest absolute Gasteiger partial charge is 0.459 e. The molecule has 0 bridgehead atoms. The lowest BCUT2D eigenvalue weighted by Gasteiger charge is -2.22. The molecular weight excluding hydrogens is 340 g/mol. The summed E-state index contributed by atoms with van der Waals surface area (Å²) in [5.74, 6) is -0.397. The highest BCUT2D eigenvalue weighted by Crippen LogP contribution is 2.11. The van der Waals surface area contributed by atoms with Crippen molar-refractivity contribution in [3.63, 3.8) is 0 Å². The Morgan fingerprint density at radius 1 is 0.926 bits per heavy atom. The molecule has 0 aromatic heterocycles. The minimum atomic E-state index is -0.666. The number of carbonyl (C=O) groups is 2. The molecule has 1 unspecified atom stereocenters. The molecular formula is C22H28N2O3. The smallest absolute Gasteiger partial charge is 0.328 e. The molecule has 2 rings (SSSR count). The molecule has 27 heavy (non-hydrogen) atoms. The van der Waals surface area contributed by atoms with Crippen molar-refractivity contribution in [2.24, 2.45) is 5.92 Å². The van der Waals surface area contributed by atoms with Gasteiger partial charge in [0.2, 0.25) is 5.91 Å². The number of anilines is 1. The van der Waals surface area contributed by atoms with Crippen LogP contribution in [0.4, 0.5) is 5.69 Å². The molecule has 0 heterocycles. The van der Waals surface area contributed by atoms with Gasteiger partial charge in [0.05, 0.1) is 0 Å². The molecule has 0 aliphatic rings. The Morgan fingerprint density at radius 3 is 2.11 bits per heavy atom. The van der Waals surface area contributed by atoms with Crippen molar-refractivity contribution in [2.45, 2.75) is 45.9 Å². The second-order valence-electron chi connectivity index (χ2n) is 7.02. The molecule has 144 valence electrons. The molecule has 0 radical (unpaired) electrons. The van der Waals surface area contributed by atoms with Crippen LogP contribution in [0.15, 0.2) is 60.7 Å². The summed E-state index contributed by atoms with van der Waals surface area (Å²) in [6.07, 6.45) is 0.525. The second-order valence-corrected chi connectivity index (χ2v) is 7.02. The van der Waals surface area contributed by atoms with Crippen LogP contribution in [-0.4, -0.2) is 24.0 Å². The van der Waals surface area contributed by atoms with E-state index in [1.807, 2.05) is 74.5 Å². The zero-order valence-corrected chi connectivity index (χ0v) is 16.1. The molecule has 2 atom stereocenters. The van der Waals surface area contributed by atoms with Crippen LogP contribution in [0.3, 0.4) is 0 Å². The third-order valence-corrected chi connectivity index (χ3v) is 4.08. The Bertz CT molecular complexity index is 717. The van der Waals surface area contributed by atoms with Crippen molar-refractivity contribution in [3.8, 4) is 0 Å². The number of carbonyl (C=O) groups excluding carboxylic acids is 2. The van der Waals surface area contributed by atoms with Gasteiger partial charge in [0.25, 0.3) is 0 Å². The molecule has 0 saturated carbocycles. The first-order valence-electron chi connectivity index (χ1n) is 9.28. The molecule has 5 nitrogen and oxygen atoms in total. The van der Waals surface area contributed by atoms with Gasteiger partial charge in [-0.3, -0.25) is 4.79 Å². The summed E-state index contributed by atoms with van der Waals surface area (Å²) < 4.78 is 5.42. The third kappa shape index (κ3) is 7.13. The van der Waals surface area contributed by atoms with Gasteiger partial charge in [-0.15, -0.1) is 0 Å². The predicted octanol–water partition coefficient (Wildman–Crippen LogP) is 3.76. The topological polar surface area (TPSA) is 67.4 Å². The lowest BCUT2D eigenvalue weighted by Crippen LogP contribution is -2.48. The summed E-state index contributed by atoms with van der Waals surface area (Å²) in [7, 11) is 0. The Morgan fingerprint density at radius 2 is 1.52 bits per heavy atom. The average molecular weight is 368 g/mol. The van der Waals surface area contributed by atoms with Crippen molar-refractivity contribution >= 4 is 17.6 Å². The number of ether oxygens (including phenoxy) is 1.